The molecule has 2 atom stereocenters. The first-order valence-electron chi connectivity index (χ1n) is 17.2. The summed E-state index contributed by atoms with van der Waals surface area (Å²) < 4.78 is 23.4. The summed E-state index contributed by atoms with van der Waals surface area (Å²) in [6.07, 6.45) is 3.03. The summed E-state index contributed by atoms with van der Waals surface area (Å²) in [5.74, 6) is 0.447. The lowest BCUT2D eigenvalue weighted by atomic mass is 9.71. The van der Waals surface area contributed by atoms with Crippen LogP contribution in [0.5, 0.6) is 11.5 Å². The minimum absolute atomic E-state index is 0.197. The summed E-state index contributed by atoms with van der Waals surface area (Å²) in [5.41, 5.74) is 8.52. The molecule has 6 rings (SSSR count). The Kier molecular flexibility index (Phi) is 10.8. The Bertz CT molecular complexity index is 1870. The van der Waals surface area contributed by atoms with Gasteiger partial charge in [0.15, 0.2) is 0 Å². The third kappa shape index (κ3) is 7.97. The van der Waals surface area contributed by atoms with Crippen molar-refractivity contribution < 1.29 is 28.5 Å². The van der Waals surface area contributed by atoms with Crippen LogP contribution in [0.2, 0.25) is 0 Å². The zero-order valence-corrected chi connectivity index (χ0v) is 29.0. The molecule has 0 heterocycles. The zero-order chi connectivity index (χ0) is 35.8. The van der Waals surface area contributed by atoms with E-state index in [9.17, 15) is 9.59 Å². The summed E-state index contributed by atoms with van der Waals surface area (Å²) in [4.78, 5) is 23.6. The number of rotatable bonds is 14. The highest BCUT2D eigenvalue weighted by Crippen LogP contribution is 2.48. The molecule has 0 aliphatic heterocycles. The Balaban J connectivity index is 1.44. The van der Waals surface area contributed by atoms with Gasteiger partial charge in [0.05, 0.1) is 0 Å². The maximum atomic E-state index is 11.8. The van der Waals surface area contributed by atoms with E-state index in [2.05, 4.69) is 86.0 Å². The lowest BCUT2D eigenvalue weighted by molar-refractivity contribution is -0.144. The molecule has 6 nitrogen and oxygen atoms in total. The zero-order valence-electron chi connectivity index (χ0n) is 29.0. The van der Waals surface area contributed by atoms with Gasteiger partial charge in [0.2, 0.25) is 0 Å². The van der Waals surface area contributed by atoms with Gasteiger partial charge in [-0.1, -0.05) is 110 Å². The van der Waals surface area contributed by atoms with Crippen molar-refractivity contribution in [3.63, 3.8) is 0 Å². The molecule has 0 bridgehead atoms. The molecule has 5 aromatic carbocycles. The van der Waals surface area contributed by atoms with Crippen molar-refractivity contribution >= 4 is 11.9 Å². The Morgan fingerprint density at radius 1 is 0.608 bits per heavy atom. The maximum Gasteiger partial charge on any atom is 0.330 e. The molecule has 0 fully saturated rings. The van der Waals surface area contributed by atoms with Crippen LogP contribution in [0.4, 0.5) is 0 Å². The van der Waals surface area contributed by atoms with Gasteiger partial charge in [0.1, 0.15) is 36.9 Å². The number of hydrogen-bond acceptors (Lipinski definition) is 6. The smallest absolute Gasteiger partial charge is 0.330 e. The van der Waals surface area contributed by atoms with Crippen LogP contribution in [0.15, 0.2) is 147 Å². The largest absolute Gasteiger partial charge is 0.489 e. The van der Waals surface area contributed by atoms with Crippen LogP contribution < -0.4 is 9.47 Å². The molecule has 0 N–H and O–H groups in total. The second-order valence-electron chi connectivity index (χ2n) is 12.9. The fourth-order valence-electron chi connectivity index (χ4n) is 6.76. The molecule has 0 aromatic heterocycles. The Labute approximate surface area is 300 Å². The van der Waals surface area contributed by atoms with E-state index in [4.69, 9.17) is 18.9 Å². The van der Waals surface area contributed by atoms with Gasteiger partial charge in [-0.2, -0.15) is 0 Å². The van der Waals surface area contributed by atoms with Crippen molar-refractivity contribution in [1.82, 2.24) is 0 Å². The van der Waals surface area contributed by atoms with Crippen molar-refractivity contribution in [3.05, 3.63) is 169 Å². The van der Waals surface area contributed by atoms with E-state index in [1.54, 1.807) is 13.8 Å². The lowest BCUT2D eigenvalue weighted by Gasteiger charge is -2.32. The second-order valence-corrected chi connectivity index (χ2v) is 12.9. The number of fused-ring (bicyclic) bond motifs is 1. The van der Waals surface area contributed by atoms with E-state index in [0.29, 0.717) is 11.5 Å². The third-order valence-electron chi connectivity index (χ3n) is 9.25. The van der Waals surface area contributed by atoms with Gasteiger partial charge in [0.25, 0.3) is 0 Å². The van der Waals surface area contributed by atoms with Crippen molar-refractivity contribution in [2.45, 2.75) is 44.3 Å². The van der Waals surface area contributed by atoms with Gasteiger partial charge in [-0.25, -0.2) is 9.59 Å². The molecule has 0 radical (unpaired) electrons. The first kappa shape index (κ1) is 35.0. The summed E-state index contributed by atoms with van der Waals surface area (Å²) in [6, 6.07) is 41.9. The van der Waals surface area contributed by atoms with Crippen LogP contribution in [-0.4, -0.2) is 37.4 Å². The van der Waals surface area contributed by atoms with Gasteiger partial charge < -0.3 is 18.9 Å². The quantitative estimate of drug-likeness (QED) is 0.0862. The van der Waals surface area contributed by atoms with Gasteiger partial charge in [-0.05, 0) is 84.3 Å². The van der Waals surface area contributed by atoms with E-state index in [1.807, 2.05) is 48.5 Å². The molecule has 51 heavy (non-hydrogen) atoms. The maximum absolute atomic E-state index is 11.8. The number of benzene rings is 5. The van der Waals surface area contributed by atoms with Gasteiger partial charge in [-0.3, -0.25) is 0 Å². The standard InChI is InChI=1S/C45H42O6/c1-5-43(46)50-31(3)29-48-41-23-21-37(25-39(41)33-15-9-7-10-16-33)45(27-35-19-13-14-20-36(35)28-45)38-22-24-42(49-30-32(4)51-44(47)6-2)40(26-38)34-17-11-8-12-18-34/h5-26,31-32H,1-2,27-30H2,3-4H3. The number of hydrogen-bond donors (Lipinski definition) is 0. The molecule has 0 saturated carbocycles. The van der Waals surface area contributed by atoms with Crippen LogP contribution in [0.3, 0.4) is 0 Å². The van der Waals surface area contributed by atoms with Crippen LogP contribution >= 0.6 is 0 Å². The summed E-state index contributed by atoms with van der Waals surface area (Å²) in [6.45, 7) is 11.0. The molecular formula is C45H42O6. The number of carbonyl (C=O) groups excluding carboxylic acids is 2. The predicted molar refractivity (Wildman–Crippen MR) is 201 cm³/mol. The van der Waals surface area contributed by atoms with Crippen LogP contribution in [0, 0.1) is 0 Å². The third-order valence-corrected chi connectivity index (χ3v) is 9.25. The molecule has 0 saturated heterocycles. The van der Waals surface area contributed by atoms with Crippen LogP contribution in [-0.2, 0) is 37.3 Å². The van der Waals surface area contributed by atoms with Gasteiger partial charge in [0, 0.05) is 28.7 Å². The van der Waals surface area contributed by atoms with E-state index in [-0.39, 0.29) is 13.2 Å². The topological polar surface area (TPSA) is 71.1 Å². The highest BCUT2D eigenvalue weighted by atomic mass is 16.6. The molecule has 5 aromatic rings. The fourth-order valence-corrected chi connectivity index (χ4v) is 6.76. The summed E-state index contributed by atoms with van der Waals surface area (Å²) in [7, 11) is 0. The van der Waals surface area contributed by atoms with E-state index in [0.717, 1.165) is 58.4 Å². The molecular weight excluding hydrogens is 636 g/mol. The highest BCUT2D eigenvalue weighted by Gasteiger charge is 2.41. The summed E-state index contributed by atoms with van der Waals surface area (Å²) >= 11 is 0. The molecule has 2 unspecified atom stereocenters. The highest BCUT2D eigenvalue weighted by molar-refractivity contribution is 5.81. The first-order chi connectivity index (χ1) is 24.8. The van der Waals surface area contributed by atoms with Crippen LogP contribution in [0.1, 0.15) is 36.1 Å². The normalized spacial score (nSPS) is 14.0. The van der Waals surface area contributed by atoms with E-state index in [1.165, 1.54) is 11.1 Å². The molecule has 0 spiro atoms. The Morgan fingerprint density at radius 2 is 1.00 bits per heavy atom. The first-order valence-corrected chi connectivity index (χ1v) is 17.2. The number of esters is 2. The van der Waals surface area contributed by atoms with Crippen molar-refractivity contribution in [2.24, 2.45) is 0 Å². The predicted octanol–water partition coefficient (Wildman–Crippen LogP) is 9.10. The fraction of sp³-hybridized carbons (Fsp3) is 0.200. The minimum atomic E-state index is -0.482. The minimum Gasteiger partial charge on any atom is -0.489 e. The molecule has 1 aliphatic rings. The number of ether oxygens (including phenoxy) is 4. The monoisotopic (exact) mass is 678 g/mol. The lowest BCUT2D eigenvalue weighted by Crippen LogP contribution is -2.29. The average Bonchev–Trinajstić information content (AvgIpc) is 3.57. The Morgan fingerprint density at radius 3 is 1.39 bits per heavy atom. The molecule has 0 amide bonds. The second kappa shape index (κ2) is 15.8. The van der Waals surface area contributed by atoms with Crippen molar-refractivity contribution in [3.8, 4) is 33.8 Å². The number of carbonyl (C=O) groups is 2. The van der Waals surface area contributed by atoms with Crippen molar-refractivity contribution in [1.29, 1.82) is 0 Å². The van der Waals surface area contributed by atoms with Gasteiger partial charge in [-0.15, -0.1) is 0 Å². The molecule has 258 valence electrons. The van der Waals surface area contributed by atoms with Gasteiger partial charge >= 0.3 is 11.9 Å². The Hall–Kier alpha value is -5.88. The molecule has 1 aliphatic carbocycles. The van der Waals surface area contributed by atoms with E-state index >= 15 is 0 Å². The summed E-state index contributed by atoms with van der Waals surface area (Å²) in [5, 5.41) is 0. The van der Waals surface area contributed by atoms with Crippen LogP contribution in [0.25, 0.3) is 22.3 Å². The average molecular weight is 679 g/mol. The SMILES string of the molecule is C=CC(=O)OC(C)COc1ccc(C2(c3ccc(OCC(C)OC(=O)C=C)c(-c4ccccc4)c3)Cc3ccccc3C2)cc1-c1ccccc1. The van der Waals surface area contributed by atoms with E-state index < -0.39 is 29.6 Å². The molecule has 6 heteroatoms. The van der Waals surface area contributed by atoms with Crippen molar-refractivity contribution in [2.75, 3.05) is 13.2 Å².